The molecule has 4 heteroatoms. The molecule has 0 saturated heterocycles. The number of hydrogen-bond acceptors (Lipinski definition) is 2. The molecule has 0 aliphatic rings. The van der Waals surface area contributed by atoms with Crippen LogP contribution in [0.4, 0.5) is 0 Å². The van der Waals surface area contributed by atoms with Crippen LogP contribution in [-0.2, 0) is 10.8 Å². The molecule has 3 N–H and O–H groups in total. The highest BCUT2D eigenvalue weighted by molar-refractivity contribution is 6.74. The van der Waals surface area contributed by atoms with Crippen molar-refractivity contribution in [3.8, 4) is 0 Å². The largest absolute Gasteiger partial charge is 0.415 e. The lowest BCUT2D eigenvalue weighted by atomic mass is 10.1. The molecule has 0 amide bonds. The SMILES string of the molecule is CC(C)(C)[Si](C)(C)OCC(N)Cc1c[nH]c2ccccc12. The van der Waals surface area contributed by atoms with Crippen molar-refractivity contribution in [1.82, 2.24) is 4.98 Å². The Morgan fingerprint density at radius 1 is 1.24 bits per heavy atom. The number of nitrogens with two attached hydrogens (primary N) is 1. The van der Waals surface area contributed by atoms with Crippen molar-refractivity contribution >= 4 is 19.2 Å². The number of aromatic nitrogens is 1. The molecule has 2 rings (SSSR count). The van der Waals surface area contributed by atoms with Crippen molar-refractivity contribution in [1.29, 1.82) is 0 Å². The van der Waals surface area contributed by atoms with Gasteiger partial charge in [0.1, 0.15) is 0 Å². The minimum atomic E-state index is -1.71. The van der Waals surface area contributed by atoms with E-state index in [0.717, 1.165) is 6.42 Å². The second-order valence-electron chi connectivity index (χ2n) is 7.40. The van der Waals surface area contributed by atoms with Crippen molar-refractivity contribution in [2.45, 2.75) is 51.4 Å². The first-order valence-electron chi connectivity index (χ1n) is 7.65. The van der Waals surface area contributed by atoms with Gasteiger partial charge in [0.2, 0.25) is 0 Å². The molecule has 0 spiro atoms. The van der Waals surface area contributed by atoms with Gasteiger partial charge < -0.3 is 15.1 Å². The molecule has 2 aromatic rings. The minimum absolute atomic E-state index is 0.0401. The van der Waals surface area contributed by atoms with E-state index < -0.39 is 8.32 Å². The fourth-order valence-corrected chi connectivity index (χ4v) is 3.24. The van der Waals surface area contributed by atoms with Gasteiger partial charge in [-0.25, -0.2) is 0 Å². The molecule has 1 atom stereocenters. The summed E-state index contributed by atoms with van der Waals surface area (Å²) in [6, 6.07) is 8.39. The topological polar surface area (TPSA) is 51.0 Å². The molecule has 21 heavy (non-hydrogen) atoms. The fourth-order valence-electron chi connectivity index (χ4n) is 2.17. The monoisotopic (exact) mass is 304 g/mol. The zero-order valence-corrected chi connectivity index (χ0v) is 14.9. The van der Waals surface area contributed by atoms with Crippen molar-refractivity contribution in [3.63, 3.8) is 0 Å². The summed E-state index contributed by atoms with van der Waals surface area (Å²) in [7, 11) is -1.71. The summed E-state index contributed by atoms with van der Waals surface area (Å²) >= 11 is 0. The van der Waals surface area contributed by atoms with Crippen molar-refractivity contribution in [2.24, 2.45) is 5.73 Å². The third-order valence-electron chi connectivity index (χ3n) is 4.62. The number of H-pyrrole nitrogens is 1. The lowest BCUT2D eigenvalue weighted by molar-refractivity contribution is 0.262. The van der Waals surface area contributed by atoms with E-state index in [0.29, 0.717) is 6.61 Å². The van der Waals surface area contributed by atoms with Gasteiger partial charge >= 0.3 is 0 Å². The van der Waals surface area contributed by atoms with Crippen molar-refractivity contribution in [3.05, 3.63) is 36.0 Å². The highest BCUT2D eigenvalue weighted by Crippen LogP contribution is 2.36. The van der Waals surface area contributed by atoms with E-state index >= 15 is 0 Å². The summed E-state index contributed by atoms with van der Waals surface area (Å²) < 4.78 is 6.22. The molecule has 1 aromatic heterocycles. The maximum Gasteiger partial charge on any atom is 0.192 e. The smallest absolute Gasteiger partial charge is 0.192 e. The molecule has 1 aromatic carbocycles. The predicted octanol–water partition coefficient (Wildman–Crippen LogP) is 4.06. The second-order valence-corrected chi connectivity index (χ2v) is 12.2. The predicted molar refractivity (Wildman–Crippen MR) is 93.1 cm³/mol. The average Bonchev–Trinajstić information content (AvgIpc) is 2.79. The molecule has 0 aliphatic heterocycles. The molecule has 116 valence electrons. The first-order chi connectivity index (χ1) is 9.71. The number of hydrogen-bond donors (Lipinski definition) is 2. The zero-order chi connectivity index (χ0) is 15.7. The van der Waals surface area contributed by atoms with Gasteiger partial charge in [-0.3, -0.25) is 0 Å². The quantitative estimate of drug-likeness (QED) is 0.818. The van der Waals surface area contributed by atoms with E-state index in [9.17, 15) is 0 Å². The van der Waals surface area contributed by atoms with Crippen LogP contribution in [0.15, 0.2) is 30.5 Å². The van der Waals surface area contributed by atoms with Gasteiger partial charge in [0, 0.05) is 29.7 Å². The van der Waals surface area contributed by atoms with Crippen LogP contribution < -0.4 is 5.73 Å². The molecule has 0 bridgehead atoms. The molecule has 0 radical (unpaired) electrons. The van der Waals surface area contributed by atoms with Gasteiger partial charge in [-0.1, -0.05) is 39.0 Å². The minimum Gasteiger partial charge on any atom is -0.415 e. The molecule has 0 saturated carbocycles. The van der Waals surface area contributed by atoms with Crippen molar-refractivity contribution < 1.29 is 4.43 Å². The maximum absolute atomic E-state index is 6.29. The van der Waals surface area contributed by atoms with Gasteiger partial charge in [-0.15, -0.1) is 0 Å². The molecule has 1 heterocycles. The summed E-state index contributed by atoms with van der Waals surface area (Å²) in [6.07, 6.45) is 2.91. The van der Waals surface area contributed by atoms with Crippen LogP contribution in [0, 0.1) is 0 Å². The van der Waals surface area contributed by atoms with Crippen LogP contribution in [0.3, 0.4) is 0 Å². The Labute approximate surface area is 129 Å². The Morgan fingerprint density at radius 2 is 1.90 bits per heavy atom. The molecule has 1 unspecified atom stereocenters. The molecular weight excluding hydrogens is 276 g/mol. The molecule has 0 fully saturated rings. The zero-order valence-electron chi connectivity index (χ0n) is 13.9. The van der Waals surface area contributed by atoms with Crippen LogP contribution in [0.1, 0.15) is 26.3 Å². The first kappa shape index (κ1) is 16.3. The van der Waals surface area contributed by atoms with Crippen LogP contribution in [-0.4, -0.2) is 26.0 Å². The van der Waals surface area contributed by atoms with Gasteiger partial charge in [-0.2, -0.15) is 0 Å². The number of aromatic amines is 1. The number of benzene rings is 1. The Morgan fingerprint density at radius 3 is 2.57 bits per heavy atom. The van der Waals surface area contributed by atoms with Gasteiger partial charge in [0.15, 0.2) is 8.32 Å². The van der Waals surface area contributed by atoms with Crippen LogP contribution in [0.2, 0.25) is 18.1 Å². The van der Waals surface area contributed by atoms with E-state index in [-0.39, 0.29) is 11.1 Å². The van der Waals surface area contributed by atoms with E-state index in [1.165, 1.54) is 16.5 Å². The third kappa shape index (κ3) is 3.76. The number of rotatable bonds is 5. The highest BCUT2D eigenvalue weighted by atomic mass is 28.4. The van der Waals surface area contributed by atoms with Gasteiger partial charge in [0.05, 0.1) is 0 Å². The van der Waals surface area contributed by atoms with E-state index in [4.69, 9.17) is 10.2 Å². The Bertz CT molecular complexity index is 598. The highest BCUT2D eigenvalue weighted by Gasteiger charge is 2.37. The number of fused-ring (bicyclic) bond motifs is 1. The van der Waals surface area contributed by atoms with Crippen molar-refractivity contribution in [2.75, 3.05) is 6.61 Å². The third-order valence-corrected chi connectivity index (χ3v) is 9.12. The van der Waals surface area contributed by atoms with E-state index in [1.807, 2.05) is 6.07 Å². The lowest BCUT2D eigenvalue weighted by Crippen LogP contribution is -2.44. The van der Waals surface area contributed by atoms with Crippen LogP contribution in [0.5, 0.6) is 0 Å². The molecular formula is C17H28N2OSi. The fraction of sp³-hybridized carbons (Fsp3) is 0.529. The maximum atomic E-state index is 6.29. The molecule has 0 aliphatic carbocycles. The van der Waals surface area contributed by atoms with Crippen LogP contribution in [0.25, 0.3) is 10.9 Å². The Kier molecular flexibility index (Phi) is 4.61. The first-order valence-corrected chi connectivity index (χ1v) is 10.6. The molecule has 3 nitrogen and oxygen atoms in total. The van der Waals surface area contributed by atoms with E-state index in [1.54, 1.807) is 0 Å². The summed E-state index contributed by atoms with van der Waals surface area (Å²) in [5.41, 5.74) is 8.74. The van der Waals surface area contributed by atoms with Gasteiger partial charge in [-0.05, 0) is 36.2 Å². The average molecular weight is 305 g/mol. The Balaban J connectivity index is 1.98. The Hall–Kier alpha value is -1.10. The van der Waals surface area contributed by atoms with E-state index in [2.05, 4.69) is 63.2 Å². The normalized spacial score (nSPS) is 14.6. The van der Waals surface area contributed by atoms with Gasteiger partial charge in [0.25, 0.3) is 0 Å². The second kappa shape index (κ2) is 5.95. The summed E-state index contributed by atoms with van der Waals surface area (Å²) in [4.78, 5) is 3.30. The van der Waals surface area contributed by atoms with Crippen LogP contribution >= 0.6 is 0 Å². The lowest BCUT2D eigenvalue weighted by Gasteiger charge is -2.36. The standard InChI is InChI=1S/C17H28N2OSi/c1-17(2,3)21(4,5)20-12-14(18)10-13-11-19-16-9-7-6-8-15(13)16/h6-9,11,14,19H,10,12,18H2,1-5H3. The summed E-state index contributed by atoms with van der Waals surface area (Å²) in [5.74, 6) is 0. The number of para-hydroxylation sites is 1. The summed E-state index contributed by atoms with van der Waals surface area (Å²) in [6.45, 7) is 11.9. The number of nitrogens with one attached hydrogen (secondary N) is 1. The summed E-state index contributed by atoms with van der Waals surface area (Å²) in [5, 5.41) is 1.49.